The van der Waals surface area contributed by atoms with Gasteiger partial charge in [-0.05, 0) is 37.1 Å². The highest BCUT2D eigenvalue weighted by Gasteiger charge is 2.48. The van der Waals surface area contributed by atoms with Crippen molar-refractivity contribution in [2.45, 2.75) is 37.8 Å². The lowest BCUT2D eigenvalue weighted by Crippen LogP contribution is -2.25. The third-order valence-electron chi connectivity index (χ3n) is 5.34. The van der Waals surface area contributed by atoms with Crippen LogP contribution in [0.3, 0.4) is 0 Å². The van der Waals surface area contributed by atoms with Gasteiger partial charge in [0.15, 0.2) is 41.2 Å². The molecule has 0 saturated carbocycles. The first kappa shape index (κ1) is 20.5. The second-order valence-electron chi connectivity index (χ2n) is 7.20. The van der Waals surface area contributed by atoms with Gasteiger partial charge in [-0.1, -0.05) is 12.1 Å². The number of hydrogen-bond acceptors (Lipinski definition) is 7. The van der Waals surface area contributed by atoms with Crippen LogP contribution >= 0.6 is 0 Å². The summed E-state index contributed by atoms with van der Waals surface area (Å²) in [5.41, 5.74) is 1.28. The molecule has 7 heteroatoms. The Morgan fingerprint density at radius 1 is 0.967 bits per heavy atom. The van der Waals surface area contributed by atoms with Crippen molar-refractivity contribution < 1.29 is 33.2 Å². The van der Waals surface area contributed by atoms with Crippen LogP contribution in [0.2, 0.25) is 0 Å². The fourth-order valence-corrected chi connectivity index (χ4v) is 3.68. The van der Waals surface area contributed by atoms with Crippen LogP contribution in [0.25, 0.3) is 0 Å². The first-order valence-corrected chi connectivity index (χ1v) is 10.0. The molecule has 2 aromatic carbocycles. The molecule has 0 radical (unpaired) electrons. The van der Waals surface area contributed by atoms with E-state index < -0.39 is 12.2 Å². The highest BCUT2D eigenvalue weighted by atomic mass is 16.7. The zero-order valence-corrected chi connectivity index (χ0v) is 17.4. The lowest BCUT2D eigenvalue weighted by atomic mass is 10.0. The molecular formula is C23H26O7. The summed E-state index contributed by atoms with van der Waals surface area (Å²) in [6.45, 7) is 0.676. The van der Waals surface area contributed by atoms with E-state index in [2.05, 4.69) is 0 Å². The Kier molecular flexibility index (Phi) is 6.11. The molecule has 2 heterocycles. The van der Waals surface area contributed by atoms with Crippen LogP contribution in [0.5, 0.6) is 23.0 Å². The zero-order chi connectivity index (χ0) is 21.1. The minimum atomic E-state index is -0.593. The van der Waals surface area contributed by atoms with Crippen LogP contribution in [-0.4, -0.2) is 46.1 Å². The average Bonchev–Trinajstić information content (AvgIpc) is 3.59. The van der Waals surface area contributed by atoms with Crippen molar-refractivity contribution >= 4 is 5.78 Å². The van der Waals surface area contributed by atoms with E-state index in [4.69, 9.17) is 28.4 Å². The summed E-state index contributed by atoms with van der Waals surface area (Å²) in [4.78, 5) is 13.0. The fourth-order valence-electron chi connectivity index (χ4n) is 3.68. The molecule has 0 aliphatic carbocycles. The number of methoxy groups -OCH3 is 3. The molecule has 2 saturated heterocycles. The number of epoxide rings is 1. The van der Waals surface area contributed by atoms with Gasteiger partial charge >= 0.3 is 0 Å². The summed E-state index contributed by atoms with van der Waals surface area (Å²) in [5, 5.41) is 0. The fraction of sp³-hybridized carbons (Fsp3) is 0.435. The molecule has 2 fully saturated rings. The minimum Gasteiger partial charge on any atom is -0.493 e. The maximum Gasteiger partial charge on any atom is 0.200 e. The highest BCUT2D eigenvalue weighted by Crippen LogP contribution is 2.48. The lowest BCUT2D eigenvalue weighted by molar-refractivity contribution is -0.107. The molecule has 0 unspecified atom stereocenters. The summed E-state index contributed by atoms with van der Waals surface area (Å²) < 4.78 is 33.7. The second kappa shape index (κ2) is 8.93. The van der Waals surface area contributed by atoms with E-state index in [0.29, 0.717) is 35.2 Å². The number of hydrogen-bond donors (Lipinski definition) is 0. The van der Waals surface area contributed by atoms with Gasteiger partial charge in [-0.25, -0.2) is 0 Å². The maximum absolute atomic E-state index is 13.0. The largest absolute Gasteiger partial charge is 0.493 e. The molecule has 0 N–H and O–H groups in total. The third kappa shape index (κ3) is 4.08. The van der Waals surface area contributed by atoms with Gasteiger partial charge in [0.1, 0.15) is 6.10 Å². The van der Waals surface area contributed by atoms with Crippen molar-refractivity contribution in [3.05, 3.63) is 47.5 Å². The van der Waals surface area contributed by atoms with Crippen molar-refractivity contribution in [1.29, 1.82) is 0 Å². The Balaban J connectivity index is 1.55. The van der Waals surface area contributed by atoms with E-state index in [-0.39, 0.29) is 12.1 Å². The molecule has 0 amide bonds. The van der Waals surface area contributed by atoms with Crippen molar-refractivity contribution in [3.8, 4) is 23.0 Å². The standard InChI is InChI=1S/C23H26O7/c1-25-16-11-10-14(13-18(16)27-3)20(24)23-22(30-23)15-7-6-8-17(26-2)21(15)29-19-9-4-5-12-28-19/h6-8,10-11,13,19,22-23H,4-5,9,12H2,1-3H3/t19-,22+,23+/m1/s1. The SMILES string of the molecule is COc1ccc(C(=O)[C@@H]2O[C@H]2c2cccc(OC)c2O[C@@H]2CCCCO2)cc1OC. The predicted molar refractivity (Wildman–Crippen MR) is 109 cm³/mol. The van der Waals surface area contributed by atoms with Crippen molar-refractivity contribution in [1.82, 2.24) is 0 Å². The van der Waals surface area contributed by atoms with Gasteiger partial charge in [0.25, 0.3) is 0 Å². The van der Waals surface area contributed by atoms with Crippen molar-refractivity contribution in [3.63, 3.8) is 0 Å². The molecule has 0 bridgehead atoms. The molecule has 2 aromatic rings. The normalized spacial score (nSPS) is 22.8. The molecule has 0 spiro atoms. The molecular weight excluding hydrogens is 388 g/mol. The minimum absolute atomic E-state index is 0.122. The lowest BCUT2D eigenvalue weighted by Gasteiger charge is -2.25. The van der Waals surface area contributed by atoms with Crippen LogP contribution in [0, 0.1) is 0 Å². The van der Waals surface area contributed by atoms with Crippen molar-refractivity contribution in [2.24, 2.45) is 0 Å². The summed E-state index contributed by atoms with van der Waals surface area (Å²) in [5.74, 6) is 2.11. The molecule has 2 aliphatic heterocycles. The zero-order valence-electron chi connectivity index (χ0n) is 17.4. The summed E-state index contributed by atoms with van der Waals surface area (Å²) >= 11 is 0. The van der Waals surface area contributed by atoms with Gasteiger partial charge in [-0.2, -0.15) is 0 Å². The number of para-hydroxylation sites is 1. The monoisotopic (exact) mass is 414 g/mol. The molecule has 4 rings (SSSR count). The number of rotatable bonds is 8. The first-order chi connectivity index (χ1) is 14.7. The molecule has 30 heavy (non-hydrogen) atoms. The van der Waals surface area contributed by atoms with E-state index in [9.17, 15) is 4.79 Å². The number of benzene rings is 2. The topological polar surface area (TPSA) is 75.8 Å². The smallest absolute Gasteiger partial charge is 0.200 e. The summed E-state index contributed by atoms with van der Waals surface area (Å²) in [6.07, 6.45) is 1.58. The second-order valence-corrected chi connectivity index (χ2v) is 7.20. The first-order valence-electron chi connectivity index (χ1n) is 10.0. The van der Waals surface area contributed by atoms with E-state index in [0.717, 1.165) is 24.8 Å². The molecule has 0 aromatic heterocycles. The van der Waals surface area contributed by atoms with Gasteiger partial charge in [0.2, 0.25) is 0 Å². The van der Waals surface area contributed by atoms with Gasteiger partial charge in [0, 0.05) is 17.5 Å². The van der Waals surface area contributed by atoms with Gasteiger partial charge in [-0.15, -0.1) is 0 Å². The van der Waals surface area contributed by atoms with Gasteiger partial charge < -0.3 is 28.4 Å². The number of carbonyl (C=O) groups is 1. The number of carbonyl (C=O) groups excluding carboxylic acids is 1. The quantitative estimate of drug-likeness (QED) is 0.478. The Labute approximate surface area is 175 Å². The number of ketones is 1. The third-order valence-corrected chi connectivity index (χ3v) is 5.34. The predicted octanol–water partition coefficient (Wildman–Crippen LogP) is 3.94. The van der Waals surface area contributed by atoms with Crippen LogP contribution in [0.1, 0.15) is 41.3 Å². The van der Waals surface area contributed by atoms with E-state index in [1.165, 1.54) is 7.11 Å². The average molecular weight is 414 g/mol. The summed E-state index contributed by atoms with van der Waals surface area (Å²) in [6, 6.07) is 10.7. The number of Topliss-reactive ketones (excluding diaryl/α,β-unsaturated/α-hetero) is 1. The maximum atomic E-state index is 13.0. The highest BCUT2D eigenvalue weighted by molar-refractivity contribution is 6.02. The van der Waals surface area contributed by atoms with Gasteiger partial charge in [0.05, 0.1) is 27.9 Å². The Morgan fingerprint density at radius 3 is 2.47 bits per heavy atom. The van der Waals surface area contributed by atoms with Crippen LogP contribution in [0.15, 0.2) is 36.4 Å². The molecule has 3 atom stereocenters. The molecule has 2 aliphatic rings. The molecule has 7 nitrogen and oxygen atoms in total. The Morgan fingerprint density at radius 2 is 1.77 bits per heavy atom. The van der Waals surface area contributed by atoms with E-state index in [1.807, 2.05) is 18.2 Å². The van der Waals surface area contributed by atoms with Gasteiger partial charge in [-0.3, -0.25) is 4.79 Å². The van der Waals surface area contributed by atoms with Crippen LogP contribution < -0.4 is 18.9 Å². The Hall–Kier alpha value is -2.77. The van der Waals surface area contributed by atoms with Crippen LogP contribution in [0.4, 0.5) is 0 Å². The van der Waals surface area contributed by atoms with E-state index >= 15 is 0 Å². The van der Waals surface area contributed by atoms with Crippen molar-refractivity contribution in [2.75, 3.05) is 27.9 Å². The molecule has 160 valence electrons. The summed E-state index contributed by atoms with van der Waals surface area (Å²) in [7, 11) is 4.68. The van der Waals surface area contributed by atoms with Crippen LogP contribution in [-0.2, 0) is 9.47 Å². The Bertz CT molecular complexity index is 904. The van der Waals surface area contributed by atoms with E-state index in [1.54, 1.807) is 32.4 Å². The number of ether oxygens (including phenoxy) is 6.